The number of aromatic nitrogens is 3. The van der Waals surface area contributed by atoms with Crippen LogP contribution in [0.5, 0.6) is 0 Å². The van der Waals surface area contributed by atoms with Crippen molar-refractivity contribution in [2.45, 2.75) is 0 Å². The lowest BCUT2D eigenvalue weighted by atomic mass is 10.2. The molecule has 19 heavy (non-hydrogen) atoms. The maximum absolute atomic E-state index is 13.0. The molecule has 0 bridgehead atoms. The first-order chi connectivity index (χ1) is 9.13. The van der Waals surface area contributed by atoms with Crippen LogP contribution < -0.4 is 5.73 Å². The smallest absolute Gasteiger partial charge is 0.277 e. The minimum atomic E-state index is -0.426. The van der Waals surface area contributed by atoms with Gasteiger partial charge in [0.1, 0.15) is 11.5 Å². The summed E-state index contributed by atoms with van der Waals surface area (Å²) in [5.41, 5.74) is 6.52. The molecule has 1 aromatic carbocycles. The summed E-state index contributed by atoms with van der Waals surface area (Å²) in [6, 6.07) is 3.95. The molecule has 0 unspecified atom stereocenters. The van der Waals surface area contributed by atoms with Crippen molar-refractivity contribution in [3.63, 3.8) is 0 Å². The molecule has 0 aliphatic heterocycles. The Morgan fingerprint density at radius 3 is 2.84 bits per heavy atom. The van der Waals surface area contributed by atoms with E-state index < -0.39 is 5.82 Å². The van der Waals surface area contributed by atoms with E-state index in [1.165, 1.54) is 29.5 Å². The zero-order valence-corrected chi connectivity index (χ0v) is 10.9. The molecular formula is C11H6ClFN4OS. The van der Waals surface area contributed by atoms with Crippen LogP contribution in [-0.2, 0) is 0 Å². The number of nitrogens with two attached hydrogens (primary N) is 1. The van der Waals surface area contributed by atoms with Crippen LogP contribution in [-0.4, -0.2) is 15.1 Å². The fourth-order valence-corrected chi connectivity index (χ4v) is 2.28. The summed E-state index contributed by atoms with van der Waals surface area (Å²) >= 11 is 7.20. The van der Waals surface area contributed by atoms with Gasteiger partial charge in [-0.15, -0.1) is 11.3 Å². The molecule has 0 fully saturated rings. The molecule has 3 aromatic rings. The van der Waals surface area contributed by atoms with Gasteiger partial charge in [-0.1, -0.05) is 16.8 Å². The summed E-state index contributed by atoms with van der Waals surface area (Å²) in [6.45, 7) is 0. The van der Waals surface area contributed by atoms with Crippen LogP contribution in [0.25, 0.3) is 23.0 Å². The van der Waals surface area contributed by atoms with E-state index >= 15 is 0 Å². The molecular weight excluding hydrogens is 291 g/mol. The van der Waals surface area contributed by atoms with Crippen molar-refractivity contribution < 1.29 is 8.91 Å². The first-order valence-corrected chi connectivity index (χ1v) is 6.40. The summed E-state index contributed by atoms with van der Waals surface area (Å²) in [6.07, 6.45) is 0. The molecule has 0 radical (unpaired) electrons. The van der Waals surface area contributed by atoms with Crippen molar-refractivity contribution in [3.8, 4) is 23.0 Å². The van der Waals surface area contributed by atoms with E-state index in [4.69, 9.17) is 21.9 Å². The van der Waals surface area contributed by atoms with Gasteiger partial charge in [-0.25, -0.2) is 9.37 Å². The molecule has 0 aliphatic carbocycles. The maximum Gasteiger partial charge on any atom is 0.277 e. The fraction of sp³-hybridized carbons (Fsp3) is 0. The zero-order chi connectivity index (χ0) is 13.4. The van der Waals surface area contributed by atoms with Gasteiger partial charge in [0.2, 0.25) is 5.82 Å². The van der Waals surface area contributed by atoms with Crippen LogP contribution in [0.15, 0.2) is 28.1 Å². The second kappa shape index (κ2) is 4.60. The lowest BCUT2D eigenvalue weighted by Gasteiger charge is -1.97. The van der Waals surface area contributed by atoms with E-state index in [1.807, 2.05) is 0 Å². The Morgan fingerprint density at radius 1 is 1.32 bits per heavy atom. The van der Waals surface area contributed by atoms with Gasteiger partial charge in [0, 0.05) is 10.9 Å². The van der Waals surface area contributed by atoms with Gasteiger partial charge in [-0.3, -0.25) is 0 Å². The molecule has 2 heterocycles. The lowest BCUT2D eigenvalue weighted by molar-refractivity contribution is 0.431. The van der Waals surface area contributed by atoms with E-state index in [9.17, 15) is 4.39 Å². The molecule has 5 nitrogen and oxygen atoms in total. The van der Waals surface area contributed by atoms with Crippen molar-refractivity contribution in [1.29, 1.82) is 0 Å². The minimum absolute atomic E-state index is 0.213. The molecule has 0 spiro atoms. The molecule has 2 N–H and O–H groups in total. The topological polar surface area (TPSA) is 77.8 Å². The Kier molecular flexibility index (Phi) is 2.92. The molecule has 0 atom stereocenters. The van der Waals surface area contributed by atoms with Crippen LogP contribution in [0, 0.1) is 5.82 Å². The van der Waals surface area contributed by atoms with E-state index in [-0.39, 0.29) is 16.7 Å². The van der Waals surface area contributed by atoms with Crippen LogP contribution in [0.3, 0.4) is 0 Å². The normalized spacial score (nSPS) is 10.8. The van der Waals surface area contributed by atoms with Crippen LogP contribution >= 0.6 is 22.9 Å². The molecule has 3 rings (SSSR count). The predicted molar refractivity (Wildman–Crippen MR) is 70.2 cm³/mol. The Morgan fingerprint density at radius 2 is 2.16 bits per heavy atom. The van der Waals surface area contributed by atoms with Crippen molar-refractivity contribution >= 4 is 28.1 Å². The zero-order valence-electron chi connectivity index (χ0n) is 9.30. The average molecular weight is 297 g/mol. The number of halogens is 2. The first kappa shape index (κ1) is 12.1. The monoisotopic (exact) mass is 296 g/mol. The quantitative estimate of drug-likeness (QED) is 0.785. The number of hydrogen-bond donors (Lipinski definition) is 1. The Balaban J connectivity index is 2.01. The Hall–Kier alpha value is -1.99. The second-order valence-electron chi connectivity index (χ2n) is 3.62. The molecule has 8 heteroatoms. The SMILES string of the molecule is Nc1nc(-c2nc(-c3ccc(F)cc3Cl)no2)cs1. The van der Waals surface area contributed by atoms with E-state index in [0.717, 1.165) is 0 Å². The third kappa shape index (κ3) is 2.29. The van der Waals surface area contributed by atoms with Gasteiger partial charge in [0.15, 0.2) is 5.13 Å². The van der Waals surface area contributed by atoms with Crippen LogP contribution in [0.1, 0.15) is 0 Å². The number of nitrogen functional groups attached to an aromatic ring is 1. The molecule has 0 saturated carbocycles. The Labute approximate surface area is 115 Å². The number of anilines is 1. The number of benzene rings is 1. The summed E-state index contributed by atoms with van der Waals surface area (Å²) in [7, 11) is 0. The molecule has 96 valence electrons. The van der Waals surface area contributed by atoms with Gasteiger partial charge in [0.25, 0.3) is 5.89 Å². The third-order valence-electron chi connectivity index (χ3n) is 2.34. The average Bonchev–Trinajstić information content (AvgIpc) is 2.97. The molecule has 0 saturated heterocycles. The lowest BCUT2D eigenvalue weighted by Crippen LogP contribution is -1.85. The summed E-state index contributed by atoms with van der Waals surface area (Å²) in [5.74, 6) is 0.0830. The number of thiazole rings is 1. The van der Waals surface area contributed by atoms with Gasteiger partial charge in [-0.05, 0) is 18.2 Å². The van der Waals surface area contributed by atoms with Crippen LogP contribution in [0.4, 0.5) is 9.52 Å². The Bertz CT molecular complexity index is 742. The minimum Gasteiger partial charge on any atom is -0.375 e. The number of hydrogen-bond acceptors (Lipinski definition) is 6. The standard InChI is InChI=1S/C11H6ClFN4OS/c12-7-3-5(13)1-2-6(7)9-16-10(18-17-9)8-4-19-11(14)15-8/h1-4H,(H2,14,15). The molecule has 0 amide bonds. The van der Waals surface area contributed by atoms with E-state index in [0.29, 0.717) is 16.4 Å². The van der Waals surface area contributed by atoms with E-state index in [1.54, 1.807) is 5.38 Å². The third-order valence-corrected chi connectivity index (χ3v) is 3.33. The van der Waals surface area contributed by atoms with Gasteiger partial charge in [0.05, 0.1) is 5.02 Å². The highest BCUT2D eigenvalue weighted by Crippen LogP contribution is 2.29. The summed E-state index contributed by atoms with van der Waals surface area (Å²) in [5, 5.41) is 6.13. The molecule has 0 aliphatic rings. The van der Waals surface area contributed by atoms with Crippen LogP contribution in [0.2, 0.25) is 5.02 Å². The molecule has 2 aromatic heterocycles. The highest BCUT2D eigenvalue weighted by atomic mass is 35.5. The van der Waals surface area contributed by atoms with Crippen molar-refractivity contribution in [2.24, 2.45) is 0 Å². The second-order valence-corrected chi connectivity index (χ2v) is 4.92. The predicted octanol–water partition coefficient (Wildman–Crippen LogP) is 3.23. The fourth-order valence-electron chi connectivity index (χ4n) is 1.49. The van der Waals surface area contributed by atoms with Gasteiger partial charge >= 0.3 is 0 Å². The van der Waals surface area contributed by atoms with Crippen molar-refractivity contribution in [2.75, 3.05) is 5.73 Å². The van der Waals surface area contributed by atoms with Gasteiger partial charge in [-0.2, -0.15) is 4.98 Å². The number of nitrogens with zero attached hydrogens (tertiary/aromatic N) is 3. The van der Waals surface area contributed by atoms with Crippen molar-refractivity contribution in [3.05, 3.63) is 34.4 Å². The maximum atomic E-state index is 13.0. The summed E-state index contributed by atoms with van der Waals surface area (Å²) in [4.78, 5) is 8.19. The highest BCUT2D eigenvalue weighted by Gasteiger charge is 2.15. The highest BCUT2D eigenvalue weighted by molar-refractivity contribution is 7.13. The first-order valence-electron chi connectivity index (χ1n) is 5.14. The number of rotatable bonds is 2. The largest absolute Gasteiger partial charge is 0.375 e. The summed E-state index contributed by atoms with van der Waals surface area (Å²) < 4.78 is 18.0. The van der Waals surface area contributed by atoms with Crippen molar-refractivity contribution in [1.82, 2.24) is 15.1 Å². The van der Waals surface area contributed by atoms with Gasteiger partial charge < -0.3 is 10.3 Å². The van der Waals surface area contributed by atoms with E-state index in [2.05, 4.69) is 15.1 Å².